The third-order valence-electron chi connectivity index (χ3n) is 3.19. The standard InChI is InChI=1S/C13H15NO4/c1-2-14-12(17)6-9(13(14)18)5-8-3-4-10(15)7-11(8)16/h3-4,7,9,15-16H,2,5-6H2,1H3. The molecule has 5 heteroatoms. The van der Waals surface area contributed by atoms with Gasteiger partial charge in [-0.05, 0) is 25.0 Å². The minimum Gasteiger partial charge on any atom is -0.508 e. The van der Waals surface area contributed by atoms with Crippen LogP contribution < -0.4 is 0 Å². The molecule has 1 aliphatic heterocycles. The second kappa shape index (κ2) is 4.68. The molecule has 96 valence electrons. The highest BCUT2D eigenvalue weighted by molar-refractivity contribution is 6.03. The molecule has 1 fully saturated rings. The lowest BCUT2D eigenvalue weighted by Crippen LogP contribution is -2.30. The van der Waals surface area contributed by atoms with E-state index in [4.69, 9.17) is 0 Å². The van der Waals surface area contributed by atoms with E-state index in [1.807, 2.05) is 0 Å². The summed E-state index contributed by atoms with van der Waals surface area (Å²) in [6.07, 6.45) is 0.500. The van der Waals surface area contributed by atoms with Gasteiger partial charge in [-0.2, -0.15) is 0 Å². The average molecular weight is 249 g/mol. The number of hydrogen-bond donors (Lipinski definition) is 2. The molecule has 5 nitrogen and oxygen atoms in total. The SMILES string of the molecule is CCN1C(=O)CC(Cc2ccc(O)cc2O)C1=O. The van der Waals surface area contributed by atoms with Gasteiger partial charge in [0.15, 0.2) is 0 Å². The Balaban J connectivity index is 2.15. The topological polar surface area (TPSA) is 77.8 Å². The number of phenolic OH excluding ortho intramolecular Hbond substituents is 2. The molecule has 0 saturated carbocycles. The molecule has 1 aliphatic rings. The fraction of sp³-hybridized carbons (Fsp3) is 0.385. The Morgan fingerprint density at radius 3 is 2.61 bits per heavy atom. The van der Waals surface area contributed by atoms with Crippen molar-refractivity contribution in [1.29, 1.82) is 0 Å². The predicted octanol–water partition coefficient (Wildman–Crippen LogP) is 1.04. The summed E-state index contributed by atoms with van der Waals surface area (Å²) in [4.78, 5) is 24.7. The largest absolute Gasteiger partial charge is 0.508 e. The molecule has 1 aromatic rings. The molecular formula is C13H15NO4. The molecule has 1 saturated heterocycles. The normalized spacial score (nSPS) is 19.6. The van der Waals surface area contributed by atoms with E-state index in [1.165, 1.54) is 17.0 Å². The van der Waals surface area contributed by atoms with Crippen LogP contribution in [0.3, 0.4) is 0 Å². The minimum atomic E-state index is -0.409. The number of rotatable bonds is 3. The van der Waals surface area contributed by atoms with Gasteiger partial charge in [-0.15, -0.1) is 0 Å². The first-order chi connectivity index (χ1) is 8.52. The van der Waals surface area contributed by atoms with Gasteiger partial charge in [0, 0.05) is 19.0 Å². The van der Waals surface area contributed by atoms with Gasteiger partial charge in [0.1, 0.15) is 11.5 Å². The lowest BCUT2D eigenvalue weighted by atomic mass is 9.97. The number of nitrogens with zero attached hydrogens (tertiary/aromatic N) is 1. The van der Waals surface area contributed by atoms with Gasteiger partial charge in [-0.1, -0.05) is 6.07 Å². The first-order valence-corrected chi connectivity index (χ1v) is 5.88. The van der Waals surface area contributed by atoms with E-state index in [0.29, 0.717) is 18.5 Å². The van der Waals surface area contributed by atoms with Crippen LogP contribution in [-0.2, 0) is 16.0 Å². The number of carbonyl (C=O) groups is 2. The summed E-state index contributed by atoms with van der Waals surface area (Å²) in [7, 11) is 0. The summed E-state index contributed by atoms with van der Waals surface area (Å²) < 4.78 is 0. The van der Waals surface area contributed by atoms with Gasteiger partial charge < -0.3 is 10.2 Å². The van der Waals surface area contributed by atoms with E-state index in [1.54, 1.807) is 13.0 Å². The number of amides is 2. The zero-order valence-corrected chi connectivity index (χ0v) is 10.1. The second-order valence-electron chi connectivity index (χ2n) is 4.39. The highest BCUT2D eigenvalue weighted by Gasteiger charge is 2.37. The predicted molar refractivity (Wildman–Crippen MR) is 64.0 cm³/mol. The minimum absolute atomic E-state index is 0.0275. The molecule has 0 spiro atoms. The molecule has 0 aromatic heterocycles. The van der Waals surface area contributed by atoms with Crippen molar-refractivity contribution in [2.45, 2.75) is 19.8 Å². The maximum absolute atomic E-state index is 11.9. The van der Waals surface area contributed by atoms with E-state index in [-0.39, 0.29) is 29.7 Å². The Bertz CT molecular complexity index is 498. The maximum Gasteiger partial charge on any atom is 0.233 e. The Kier molecular flexibility index (Phi) is 3.23. The van der Waals surface area contributed by atoms with E-state index < -0.39 is 5.92 Å². The third kappa shape index (κ3) is 2.16. The highest BCUT2D eigenvalue weighted by atomic mass is 16.3. The van der Waals surface area contributed by atoms with Crippen molar-refractivity contribution in [3.05, 3.63) is 23.8 Å². The van der Waals surface area contributed by atoms with Crippen molar-refractivity contribution in [3.8, 4) is 11.5 Å². The average Bonchev–Trinajstić information content (AvgIpc) is 2.58. The number of carbonyl (C=O) groups excluding carboxylic acids is 2. The van der Waals surface area contributed by atoms with Crippen LogP contribution >= 0.6 is 0 Å². The van der Waals surface area contributed by atoms with Gasteiger partial charge in [-0.25, -0.2) is 0 Å². The number of phenols is 2. The Labute approximate surface area is 105 Å². The summed E-state index contributed by atoms with van der Waals surface area (Å²) in [5.41, 5.74) is 0.567. The maximum atomic E-state index is 11.9. The lowest BCUT2D eigenvalue weighted by Gasteiger charge is -2.12. The molecule has 0 aliphatic carbocycles. The van der Waals surface area contributed by atoms with Gasteiger partial charge in [0.05, 0.1) is 5.92 Å². The summed E-state index contributed by atoms with van der Waals surface area (Å²) in [6, 6.07) is 4.25. The number of hydrogen-bond acceptors (Lipinski definition) is 4. The van der Waals surface area contributed by atoms with Crippen LogP contribution in [-0.4, -0.2) is 33.5 Å². The number of aromatic hydroxyl groups is 2. The highest BCUT2D eigenvalue weighted by Crippen LogP contribution is 2.29. The molecule has 2 rings (SSSR count). The molecule has 1 heterocycles. The van der Waals surface area contributed by atoms with Crippen molar-refractivity contribution in [3.63, 3.8) is 0 Å². The molecule has 1 atom stereocenters. The van der Waals surface area contributed by atoms with Gasteiger partial charge >= 0.3 is 0 Å². The first-order valence-electron chi connectivity index (χ1n) is 5.88. The van der Waals surface area contributed by atoms with E-state index >= 15 is 0 Å². The van der Waals surface area contributed by atoms with Crippen molar-refractivity contribution in [2.24, 2.45) is 5.92 Å². The number of imide groups is 1. The van der Waals surface area contributed by atoms with Crippen LogP contribution in [0.5, 0.6) is 11.5 Å². The Morgan fingerprint density at radius 2 is 2.06 bits per heavy atom. The molecule has 0 bridgehead atoms. The van der Waals surface area contributed by atoms with Crippen molar-refractivity contribution in [1.82, 2.24) is 4.90 Å². The second-order valence-corrected chi connectivity index (χ2v) is 4.39. The van der Waals surface area contributed by atoms with E-state index in [0.717, 1.165) is 0 Å². The quantitative estimate of drug-likeness (QED) is 0.784. The zero-order chi connectivity index (χ0) is 13.3. The van der Waals surface area contributed by atoms with Crippen LogP contribution in [0.4, 0.5) is 0 Å². The van der Waals surface area contributed by atoms with Gasteiger partial charge in [0.25, 0.3) is 0 Å². The zero-order valence-electron chi connectivity index (χ0n) is 10.1. The molecular weight excluding hydrogens is 234 g/mol. The summed E-state index contributed by atoms with van der Waals surface area (Å²) >= 11 is 0. The monoisotopic (exact) mass is 249 g/mol. The summed E-state index contributed by atoms with van der Waals surface area (Å²) in [6.45, 7) is 2.14. The van der Waals surface area contributed by atoms with Crippen LogP contribution in [0.1, 0.15) is 18.9 Å². The molecule has 1 aromatic carbocycles. The summed E-state index contributed by atoms with van der Waals surface area (Å²) in [5.74, 6) is -0.834. The third-order valence-corrected chi connectivity index (χ3v) is 3.19. The first kappa shape index (κ1) is 12.4. The fourth-order valence-electron chi connectivity index (χ4n) is 2.23. The number of likely N-dealkylation sites (tertiary alicyclic amines) is 1. The van der Waals surface area contributed by atoms with Crippen molar-refractivity contribution >= 4 is 11.8 Å². The lowest BCUT2D eigenvalue weighted by molar-refractivity contribution is -0.139. The molecule has 2 N–H and O–H groups in total. The van der Waals surface area contributed by atoms with Crippen molar-refractivity contribution < 1.29 is 19.8 Å². The van der Waals surface area contributed by atoms with Gasteiger partial charge in [0.2, 0.25) is 11.8 Å². The van der Waals surface area contributed by atoms with Crippen molar-refractivity contribution in [2.75, 3.05) is 6.54 Å². The molecule has 1 unspecified atom stereocenters. The van der Waals surface area contributed by atoms with Crippen LogP contribution in [0.25, 0.3) is 0 Å². The van der Waals surface area contributed by atoms with E-state index in [2.05, 4.69) is 0 Å². The van der Waals surface area contributed by atoms with Gasteiger partial charge in [-0.3, -0.25) is 14.5 Å². The van der Waals surface area contributed by atoms with E-state index in [9.17, 15) is 19.8 Å². The summed E-state index contributed by atoms with van der Waals surface area (Å²) in [5, 5.41) is 18.8. The molecule has 2 amide bonds. The smallest absolute Gasteiger partial charge is 0.233 e. The molecule has 18 heavy (non-hydrogen) atoms. The Morgan fingerprint density at radius 1 is 1.33 bits per heavy atom. The van der Waals surface area contributed by atoms with Crippen LogP contribution in [0.2, 0.25) is 0 Å². The molecule has 0 radical (unpaired) electrons. The number of benzene rings is 1. The fourth-order valence-corrected chi connectivity index (χ4v) is 2.23. The van der Waals surface area contributed by atoms with Crippen LogP contribution in [0, 0.1) is 5.92 Å². The van der Waals surface area contributed by atoms with Crippen LogP contribution in [0.15, 0.2) is 18.2 Å². The Hall–Kier alpha value is -2.04.